The summed E-state index contributed by atoms with van der Waals surface area (Å²) in [7, 11) is 0. The molecule has 2 rings (SSSR count). The van der Waals surface area contributed by atoms with E-state index in [0.29, 0.717) is 6.42 Å². The van der Waals surface area contributed by atoms with Crippen LogP contribution in [0.1, 0.15) is 37.8 Å². The van der Waals surface area contributed by atoms with Crippen LogP contribution < -0.4 is 10.6 Å². The van der Waals surface area contributed by atoms with E-state index in [4.69, 9.17) is 5.73 Å². The third-order valence-corrected chi connectivity index (χ3v) is 3.58. The summed E-state index contributed by atoms with van der Waals surface area (Å²) < 4.78 is 0. The monoisotopic (exact) mass is 270 g/mol. The van der Waals surface area contributed by atoms with Crippen molar-refractivity contribution in [3.8, 4) is 0 Å². The molecule has 1 aromatic carbocycles. The van der Waals surface area contributed by atoms with Crippen LogP contribution in [0.5, 0.6) is 0 Å². The van der Waals surface area contributed by atoms with Crippen LogP contribution in [-0.2, 0) is 0 Å². The van der Waals surface area contributed by atoms with Crippen LogP contribution in [0.4, 0.5) is 5.69 Å². The maximum absolute atomic E-state index is 9.73. The van der Waals surface area contributed by atoms with Crippen LogP contribution in [0.3, 0.4) is 0 Å². The highest BCUT2D eigenvalue weighted by Crippen LogP contribution is 2.23. The SMILES string of the molecule is CC[C@H](O)[C@H](N)c1ccc(N2CCCC2)cc1.Cl. The van der Waals surface area contributed by atoms with E-state index in [1.165, 1.54) is 18.5 Å². The Bertz CT molecular complexity index is 349. The minimum atomic E-state index is -0.451. The van der Waals surface area contributed by atoms with Gasteiger partial charge in [-0.2, -0.15) is 0 Å². The van der Waals surface area contributed by atoms with Gasteiger partial charge in [-0.15, -0.1) is 12.4 Å². The fourth-order valence-electron chi connectivity index (χ4n) is 2.36. The summed E-state index contributed by atoms with van der Waals surface area (Å²) in [5.74, 6) is 0. The molecule has 1 aromatic rings. The van der Waals surface area contributed by atoms with Gasteiger partial charge in [-0.3, -0.25) is 0 Å². The summed E-state index contributed by atoms with van der Waals surface area (Å²) in [5, 5.41) is 9.73. The van der Waals surface area contributed by atoms with Crippen molar-refractivity contribution < 1.29 is 5.11 Å². The first-order valence-corrected chi connectivity index (χ1v) is 6.51. The van der Waals surface area contributed by atoms with Crippen molar-refractivity contribution in [2.24, 2.45) is 5.73 Å². The van der Waals surface area contributed by atoms with E-state index in [2.05, 4.69) is 17.0 Å². The highest BCUT2D eigenvalue weighted by atomic mass is 35.5. The predicted molar refractivity (Wildman–Crippen MR) is 78.4 cm³/mol. The zero-order valence-corrected chi connectivity index (χ0v) is 11.7. The topological polar surface area (TPSA) is 49.5 Å². The zero-order chi connectivity index (χ0) is 12.3. The van der Waals surface area contributed by atoms with Gasteiger partial charge < -0.3 is 15.7 Å². The zero-order valence-electron chi connectivity index (χ0n) is 10.9. The van der Waals surface area contributed by atoms with Crippen molar-refractivity contribution in [3.63, 3.8) is 0 Å². The van der Waals surface area contributed by atoms with E-state index in [-0.39, 0.29) is 18.4 Å². The summed E-state index contributed by atoms with van der Waals surface area (Å²) in [5.41, 5.74) is 8.27. The minimum absolute atomic E-state index is 0. The number of benzene rings is 1. The number of nitrogens with zero attached hydrogens (tertiary/aromatic N) is 1. The van der Waals surface area contributed by atoms with E-state index in [9.17, 15) is 5.11 Å². The van der Waals surface area contributed by atoms with Crippen LogP contribution >= 0.6 is 12.4 Å². The summed E-state index contributed by atoms with van der Waals surface area (Å²) >= 11 is 0. The molecule has 0 spiro atoms. The molecule has 0 radical (unpaired) electrons. The molecule has 0 unspecified atom stereocenters. The summed E-state index contributed by atoms with van der Waals surface area (Å²) in [4.78, 5) is 2.39. The Morgan fingerprint density at radius 3 is 2.28 bits per heavy atom. The van der Waals surface area contributed by atoms with E-state index in [0.717, 1.165) is 18.7 Å². The maximum atomic E-state index is 9.73. The van der Waals surface area contributed by atoms with E-state index in [1.54, 1.807) is 0 Å². The molecule has 1 fully saturated rings. The van der Waals surface area contributed by atoms with Crippen molar-refractivity contribution >= 4 is 18.1 Å². The molecule has 0 aliphatic carbocycles. The number of hydrogen-bond acceptors (Lipinski definition) is 3. The van der Waals surface area contributed by atoms with Crippen molar-refractivity contribution in [2.75, 3.05) is 18.0 Å². The van der Waals surface area contributed by atoms with Gasteiger partial charge in [0.25, 0.3) is 0 Å². The molecule has 1 saturated heterocycles. The van der Waals surface area contributed by atoms with Crippen LogP contribution in [-0.4, -0.2) is 24.3 Å². The second-order valence-corrected chi connectivity index (χ2v) is 4.79. The lowest BCUT2D eigenvalue weighted by Gasteiger charge is -2.21. The van der Waals surface area contributed by atoms with Gasteiger partial charge in [0.2, 0.25) is 0 Å². The van der Waals surface area contributed by atoms with Crippen molar-refractivity contribution in [2.45, 2.75) is 38.3 Å². The second kappa shape index (κ2) is 6.98. The standard InChI is InChI=1S/C14H22N2O.ClH/c1-2-13(17)14(15)11-5-7-12(8-6-11)16-9-3-4-10-16;/h5-8,13-14,17H,2-4,9-10,15H2,1H3;1H/t13-,14+;/m0./s1. The lowest BCUT2D eigenvalue weighted by Crippen LogP contribution is -2.25. The second-order valence-electron chi connectivity index (χ2n) is 4.79. The Kier molecular flexibility index (Phi) is 5.93. The Balaban J connectivity index is 0.00000162. The molecule has 3 N–H and O–H groups in total. The highest BCUT2D eigenvalue weighted by molar-refractivity contribution is 5.85. The Hall–Kier alpha value is -0.770. The Morgan fingerprint density at radius 2 is 1.78 bits per heavy atom. The lowest BCUT2D eigenvalue weighted by molar-refractivity contribution is 0.141. The fraction of sp³-hybridized carbons (Fsp3) is 0.571. The number of hydrogen-bond donors (Lipinski definition) is 2. The first-order chi connectivity index (χ1) is 8.22. The van der Waals surface area contributed by atoms with Crippen LogP contribution in [0, 0.1) is 0 Å². The average Bonchev–Trinajstić information content (AvgIpc) is 2.91. The molecule has 1 heterocycles. The molecule has 0 saturated carbocycles. The smallest absolute Gasteiger partial charge is 0.0730 e. The van der Waals surface area contributed by atoms with Gasteiger partial charge >= 0.3 is 0 Å². The van der Waals surface area contributed by atoms with Gasteiger partial charge in [-0.05, 0) is 37.0 Å². The van der Waals surface area contributed by atoms with Crippen LogP contribution in [0.2, 0.25) is 0 Å². The quantitative estimate of drug-likeness (QED) is 0.884. The predicted octanol–water partition coefficient (Wildman–Crippen LogP) is 2.48. The van der Waals surface area contributed by atoms with E-state index in [1.807, 2.05) is 19.1 Å². The summed E-state index contributed by atoms with van der Waals surface area (Å²) in [6, 6.07) is 8.04. The van der Waals surface area contributed by atoms with Crippen LogP contribution in [0.25, 0.3) is 0 Å². The molecule has 0 bridgehead atoms. The summed E-state index contributed by atoms with van der Waals surface area (Å²) in [6.07, 6.45) is 2.81. The third-order valence-electron chi connectivity index (χ3n) is 3.58. The summed E-state index contributed by atoms with van der Waals surface area (Å²) in [6.45, 7) is 4.26. The molecule has 4 heteroatoms. The van der Waals surface area contributed by atoms with Gasteiger partial charge in [-0.1, -0.05) is 19.1 Å². The molecule has 1 aliphatic rings. The molecule has 18 heavy (non-hydrogen) atoms. The number of aliphatic hydroxyl groups is 1. The molecule has 2 atom stereocenters. The maximum Gasteiger partial charge on any atom is 0.0730 e. The third kappa shape index (κ3) is 3.37. The Labute approximate surface area is 115 Å². The van der Waals surface area contributed by atoms with Crippen molar-refractivity contribution in [3.05, 3.63) is 29.8 Å². The number of nitrogens with two attached hydrogens (primary N) is 1. The highest BCUT2D eigenvalue weighted by Gasteiger charge is 2.16. The van der Waals surface area contributed by atoms with Gasteiger partial charge in [0.1, 0.15) is 0 Å². The van der Waals surface area contributed by atoms with Gasteiger partial charge in [-0.25, -0.2) is 0 Å². The van der Waals surface area contributed by atoms with Crippen LogP contribution in [0.15, 0.2) is 24.3 Å². The minimum Gasteiger partial charge on any atom is -0.391 e. The first kappa shape index (κ1) is 15.3. The molecule has 1 aliphatic heterocycles. The van der Waals surface area contributed by atoms with E-state index >= 15 is 0 Å². The lowest BCUT2D eigenvalue weighted by atomic mass is 10.0. The largest absolute Gasteiger partial charge is 0.391 e. The van der Waals surface area contributed by atoms with Gasteiger partial charge in [0.05, 0.1) is 12.1 Å². The average molecular weight is 271 g/mol. The van der Waals surface area contributed by atoms with Gasteiger partial charge in [0.15, 0.2) is 0 Å². The molecule has 0 amide bonds. The molecular formula is C14H23ClN2O. The molecule has 3 nitrogen and oxygen atoms in total. The number of rotatable bonds is 4. The number of halogens is 1. The number of aliphatic hydroxyl groups excluding tert-OH is 1. The molecular weight excluding hydrogens is 248 g/mol. The fourth-order valence-corrected chi connectivity index (χ4v) is 2.36. The van der Waals surface area contributed by atoms with Crippen molar-refractivity contribution in [1.29, 1.82) is 0 Å². The van der Waals surface area contributed by atoms with E-state index < -0.39 is 6.10 Å². The first-order valence-electron chi connectivity index (χ1n) is 6.51. The van der Waals surface area contributed by atoms with Crippen molar-refractivity contribution in [1.82, 2.24) is 0 Å². The number of anilines is 1. The molecule has 102 valence electrons. The Morgan fingerprint density at radius 1 is 1.22 bits per heavy atom. The molecule has 0 aromatic heterocycles. The van der Waals surface area contributed by atoms with Gasteiger partial charge in [0, 0.05) is 18.8 Å². The normalized spacial score (nSPS) is 18.3.